The standard InChI is InChI=1S/C8H11N3/c1-3-7(2)10-5-8-4-9-6-11-8/h1,4,6-7,10H,5H2,2H3,(H,9,11). The molecule has 1 heterocycles. The average Bonchev–Trinajstić information content (AvgIpc) is 2.52. The molecule has 0 aliphatic heterocycles. The summed E-state index contributed by atoms with van der Waals surface area (Å²) in [6.07, 6.45) is 8.60. The van der Waals surface area contributed by atoms with Crippen LogP contribution in [0.25, 0.3) is 0 Å². The maximum atomic E-state index is 5.17. The third-order valence-electron chi connectivity index (χ3n) is 1.40. The predicted molar refractivity (Wildman–Crippen MR) is 43.7 cm³/mol. The van der Waals surface area contributed by atoms with E-state index in [9.17, 15) is 0 Å². The van der Waals surface area contributed by atoms with E-state index < -0.39 is 0 Å². The van der Waals surface area contributed by atoms with Crippen LogP contribution >= 0.6 is 0 Å². The molecule has 3 nitrogen and oxygen atoms in total. The maximum absolute atomic E-state index is 5.17. The third kappa shape index (κ3) is 2.44. The summed E-state index contributed by atoms with van der Waals surface area (Å²) in [5.41, 5.74) is 1.05. The first kappa shape index (κ1) is 7.83. The molecule has 1 aromatic rings. The van der Waals surface area contributed by atoms with Gasteiger partial charge in [-0.25, -0.2) is 4.98 Å². The second-order valence-corrected chi connectivity index (χ2v) is 2.35. The van der Waals surface area contributed by atoms with Crippen LogP contribution in [-0.2, 0) is 6.54 Å². The van der Waals surface area contributed by atoms with E-state index in [2.05, 4.69) is 21.2 Å². The van der Waals surface area contributed by atoms with E-state index in [-0.39, 0.29) is 6.04 Å². The van der Waals surface area contributed by atoms with Crippen LogP contribution in [0.3, 0.4) is 0 Å². The first-order valence-electron chi connectivity index (χ1n) is 3.49. The Bertz CT molecular complexity index is 232. The van der Waals surface area contributed by atoms with E-state index in [1.54, 1.807) is 12.5 Å². The van der Waals surface area contributed by atoms with Gasteiger partial charge in [-0.15, -0.1) is 6.42 Å². The first-order valence-corrected chi connectivity index (χ1v) is 3.49. The molecule has 1 aromatic heterocycles. The summed E-state index contributed by atoms with van der Waals surface area (Å²) in [6, 6.07) is 0.110. The molecular weight excluding hydrogens is 138 g/mol. The SMILES string of the molecule is C#CC(C)NCc1cnc[nH]1. The van der Waals surface area contributed by atoms with Gasteiger partial charge in [-0.1, -0.05) is 5.92 Å². The molecule has 0 aliphatic carbocycles. The molecule has 0 amide bonds. The number of nitrogens with one attached hydrogen (secondary N) is 2. The van der Waals surface area contributed by atoms with Crippen LogP contribution in [0.2, 0.25) is 0 Å². The van der Waals surface area contributed by atoms with Crippen molar-refractivity contribution < 1.29 is 0 Å². The lowest BCUT2D eigenvalue weighted by molar-refractivity contribution is 0.639. The van der Waals surface area contributed by atoms with Gasteiger partial charge in [-0.3, -0.25) is 5.32 Å². The van der Waals surface area contributed by atoms with E-state index in [0.717, 1.165) is 12.2 Å². The highest BCUT2D eigenvalue weighted by molar-refractivity contribution is 4.99. The third-order valence-corrected chi connectivity index (χ3v) is 1.40. The topological polar surface area (TPSA) is 40.7 Å². The fraction of sp³-hybridized carbons (Fsp3) is 0.375. The van der Waals surface area contributed by atoms with Crippen molar-refractivity contribution >= 4 is 0 Å². The number of aromatic amines is 1. The van der Waals surface area contributed by atoms with Gasteiger partial charge in [0, 0.05) is 18.4 Å². The lowest BCUT2D eigenvalue weighted by Crippen LogP contribution is -2.23. The molecule has 0 saturated carbocycles. The molecular formula is C8H11N3. The predicted octanol–water partition coefficient (Wildman–Crippen LogP) is 0.521. The smallest absolute Gasteiger partial charge is 0.0922 e. The Balaban J connectivity index is 2.30. The fourth-order valence-corrected chi connectivity index (χ4v) is 0.703. The number of aromatic nitrogens is 2. The van der Waals surface area contributed by atoms with E-state index in [1.165, 1.54) is 0 Å². The first-order chi connectivity index (χ1) is 5.33. The minimum absolute atomic E-state index is 0.110. The van der Waals surface area contributed by atoms with Crippen LogP contribution < -0.4 is 5.32 Å². The normalized spacial score (nSPS) is 12.4. The molecule has 0 aromatic carbocycles. The Morgan fingerprint density at radius 3 is 3.27 bits per heavy atom. The number of nitrogens with zero attached hydrogens (tertiary/aromatic N) is 1. The zero-order valence-corrected chi connectivity index (χ0v) is 6.46. The van der Waals surface area contributed by atoms with Crippen molar-refractivity contribution in [1.29, 1.82) is 0 Å². The van der Waals surface area contributed by atoms with Gasteiger partial charge in [0.1, 0.15) is 0 Å². The van der Waals surface area contributed by atoms with Crippen molar-refractivity contribution in [1.82, 2.24) is 15.3 Å². The number of rotatable bonds is 3. The van der Waals surface area contributed by atoms with Crippen LogP contribution in [0.1, 0.15) is 12.6 Å². The fourth-order valence-electron chi connectivity index (χ4n) is 0.703. The van der Waals surface area contributed by atoms with Crippen molar-refractivity contribution in [2.45, 2.75) is 19.5 Å². The second kappa shape index (κ2) is 3.79. The lowest BCUT2D eigenvalue weighted by Gasteiger charge is -2.04. The highest BCUT2D eigenvalue weighted by Gasteiger charge is 1.96. The van der Waals surface area contributed by atoms with Crippen molar-refractivity contribution in [3.63, 3.8) is 0 Å². The Morgan fingerprint density at radius 2 is 2.73 bits per heavy atom. The van der Waals surface area contributed by atoms with Crippen molar-refractivity contribution in [2.75, 3.05) is 0 Å². The monoisotopic (exact) mass is 149 g/mol. The summed E-state index contributed by atoms with van der Waals surface area (Å²) >= 11 is 0. The molecule has 2 N–H and O–H groups in total. The zero-order valence-electron chi connectivity index (χ0n) is 6.46. The Labute approximate surface area is 66.2 Å². The highest BCUT2D eigenvalue weighted by atomic mass is 14.9. The molecule has 1 unspecified atom stereocenters. The molecule has 0 radical (unpaired) electrons. The Hall–Kier alpha value is -1.27. The summed E-state index contributed by atoms with van der Waals surface area (Å²) in [6.45, 7) is 2.68. The summed E-state index contributed by atoms with van der Waals surface area (Å²) in [5.74, 6) is 2.58. The van der Waals surface area contributed by atoms with E-state index in [1.807, 2.05) is 6.92 Å². The average molecular weight is 149 g/mol. The summed E-state index contributed by atoms with van der Waals surface area (Å²) < 4.78 is 0. The molecule has 11 heavy (non-hydrogen) atoms. The van der Waals surface area contributed by atoms with Crippen molar-refractivity contribution in [3.8, 4) is 12.3 Å². The van der Waals surface area contributed by atoms with Gasteiger partial charge in [0.2, 0.25) is 0 Å². The van der Waals surface area contributed by atoms with Gasteiger partial charge in [0.25, 0.3) is 0 Å². The Kier molecular flexibility index (Phi) is 2.70. The number of imidazole rings is 1. The summed E-state index contributed by atoms with van der Waals surface area (Å²) in [7, 11) is 0. The summed E-state index contributed by atoms with van der Waals surface area (Å²) in [4.78, 5) is 6.85. The van der Waals surface area contributed by atoms with Gasteiger partial charge in [0.15, 0.2) is 0 Å². The van der Waals surface area contributed by atoms with Gasteiger partial charge in [-0.05, 0) is 6.92 Å². The lowest BCUT2D eigenvalue weighted by atomic mass is 10.3. The van der Waals surface area contributed by atoms with Crippen molar-refractivity contribution in [2.24, 2.45) is 0 Å². The molecule has 0 aliphatic rings. The van der Waals surface area contributed by atoms with Gasteiger partial charge >= 0.3 is 0 Å². The van der Waals surface area contributed by atoms with Gasteiger partial charge in [-0.2, -0.15) is 0 Å². The zero-order chi connectivity index (χ0) is 8.10. The molecule has 58 valence electrons. The largest absolute Gasteiger partial charge is 0.347 e. The number of hydrogen-bond acceptors (Lipinski definition) is 2. The minimum atomic E-state index is 0.110. The number of H-pyrrole nitrogens is 1. The quantitative estimate of drug-likeness (QED) is 0.615. The van der Waals surface area contributed by atoms with E-state index >= 15 is 0 Å². The Morgan fingerprint density at radius 1 is 1.91 bits per heavy atom. The molecule has 0 saturated heterocycles. The van der Waals surface area contributed by atoms with E-state index in [0.29, 0.717) is 0 Å². The van der Waals surface area contributed by atoms with Crippen LogP contribution in [0.4, 0.5) is 0 Å². The van der Waals surface area contributed by atoms with E-state index in [4.69, 9.17) is 6.42 Å². The van der Waals surface area contributed by atoms with Crippen LogP contribution in [-0.4, -0.2) is 16.0 Å². The van der Waals surface area contributed by atoms with Crippen molar-refractivity contribution in [3.05, 3.63) is 18.2 Å². The maximum Gasteiger partial charge on any atom is 0.0922 e. The molecule has 0 fully saturated rings. The molecule has 1 rings (SSSR count). The number of terminal acetylenes is 1. The highest BCUT2D eigenvalue weighted by Crippen LogP contribution is 1.90. The molecule has 0 bridgehead atoms. The summed E-state index contributed by atoms with van der Waals surface area (Å²) in [5, 5.41) is 3.13. The molecule has 1 atom stereocenters. The van der Waals surface area contributed by atoms with Crippen LogP contribution in [0, 0.1) is 12.3 Å². The second-order valence-electron chi connectivity index (χ2n) is 2.35. The number of hydrogen-bond donors (Lipinski definition) is 2. The van der Waals surface area contributed by atoms with Gasteiger partial charge < -0.3 is 4.98 Å². The van der Waals surface area contributed by atoms with Crippen LogP contribution in [0.5, 0.6) is 0 Å². The molecule has 0 spiro atoms. The van der Waals surface area contributed by atoms with Crippen LogP contribution in [0.15, 0.2) is 12.5 Å². The minimum Gasteiger partial charge on any atom is -0.347 e. The molecule has 3 heteroatoms. The van der Waals surface area contributed by atoms with Gasteiger partial charge in [0.05, 0.1) is 12.4 Å².